The normalized spacial score (nSPS) is 10.2. The van der Waals surface area contributed by atoms with Crippen LogP contribution in [0.25, 0.3) is 0 Å². The molecule has 1 aromatic carbocycles. The molecule has 0 aliphatic carbocycles. The lowest BCUT2D eigenvalue weighted by Gasteiger charge is -2.03. The fraction of sp³-hybridized carbons (Fsp3) is 0.200. The zero-order chi connectivity index (χ0) is 12.3. The highest BCUT2D eigenvalue weighted by atomic mass is 16.6. The van der Waals surface area contributed by atoms with Crippen LogP contribution in [0.15, 0.2) is 30.6 Å². The Morgan fingerprint density at radius 2 is 2.24 bits per heavy atom. The molecule has 0 atom stereocenters. The summed E-state index contributed by atoms with van der Waals surface area (Å²) in [5, 5.41) is 17.8. The average Bonchev–Trinajstić information content (AvgIpc) is 2.73. The number of aromatic nitrogens is 3. The van der Waals surface area contributed by atoms with Gasteiger partial charge < -0.3 is 5.32 Å². The number of hydrogen-bond acceptors (Lipinski definition) is 5. The van der Waals surface area contributed by atoms with Gasteiger partial charge in [-0.05, 0) is 6.07 Å². The maximum Gasteiger partial charge on any atom is 0.292 e. The predicted octanol–water partition coefficient (Wildman–Crippen LogP) is 1.34. The summed E-state index contributed by atoms with van der Waals surface area (Å²) in [5.41, 5.74) is 0.508. The molecule has 0 amide bonds. The second kappa shape index (κ2) is 4.60. The van der Waals surface area contributed by atoms with Crippen LogP contribution in [-0.2, 0) is 13.6 Å². The number of nitrogens with zero attached hydrogens (tertiary/aromatic N) is 4. The van der Waals surface area contributed by atoms with Gasteiger partial charge in [0, 0.05) is 13.1 Å². The number of benzene rings is 1. The highest BCUT2D eigenvalue weighted by Gasteiger charge is 2.12. The van der Waals surface area contributed by atoms with E-state index in [-0.39, 0.29) is 5.69 Å². The van der Waals surface area contributed by atoms with E-state index in [1.165, 1.54) is 6.07 Å². The van der Waals surface area contributed by atoms with E-state index in [0.29, 0.717) is 18.1 Å². The zero-order valence-electron chi connectivity index (χ0n) is 9.20. The highest BCUT2D eigenvalue weighted by molar-refractivity contribution is 5.60. The average molecular weight is 233 g/mol. The van der Waals surface area contributed by atoms with Gasteiger partial charge in [0.2, 0.25) is 0 Å². The molecule has 0 saturated carbocycles. The number of rotatable bonds is 4. The fourth-order valence-electron chi connectivity index (χ4n) is 1.42. The van der Waals surface area contributed by atoms with E-state index in [4.69, 9.17) is 0 Å². The maximum atomic E-state index is 10.8. The number of para-hydroxylation sites is 2. The van der Waals surface area contributed by atoms with Crippen molar-refractivity contribution in [2.45, 2.75) is 6.54 Å². The summed E-state index contributed by atoms with van der Waals surface area (Å²) in [4.78, 5) is 14.4. The molecule has 0 aliphatic rings. The van der Waals surface area contributed by atoms with E-state index in [9.17, 15) is 10.1 Å². The van der Waals surface area contributed by atoms with Crippen LogP contribution in [0.5, 0.6) is 0 Å². The Morgan fingerprint density at radius 3 is 2.88 bits per heavy atom. The van der Waals surface area contributed by atoms with Crippen molar-refractivity contribution in [3.63, 3.8) is 0 Å². The molecule has 7 nitrogen and oxygen atoms in total. The second-order valence-electron chi connectivity index (χ2n) is 3.46. The van der Waals surface area contributed by atoms with Gasteiger partial charge >= 0.3 is 0 Å². The van der Waals surface area contributed by atoms with Crippen LogP contribution in [0.2, 0.25) is 0 Å². The minimum atomic E-state index is -0.422. The summed E-state index contributed by atoms with van der Waals surface area (Å²) in [7, 11) is 1.77. The molecule has 1 N–H and O–H groups in total. The zero-order valence-corrected chi connectivity index (χ0v) is 9.20. The summed E-state index contributed by atoms with van der Waals surface area (Å²) in [6.07, 6.45) is 1.58. The van der Waals surface area contributed by atoms with Gasteiger partial charge in [0.25, 0.3) is 5.69 Å². The SMILES string of the molecule is Cn1cnc(CNc2ccccc2[N+](=O)[O-])n1. The molecular formula is C10H11N5O2. The summed E-state index contributed by atoms with van der Waals surface area (Å²) in [6, 6.07) is 6.47. The lowest BCUT2D eigenvalue weighted by atomic mass is 10.2. The Bertz CT molecular complexity index is 537. The number of nitro benzene ring substituents is 1. The molecule has 7 heteroatoms. The van der Waals surface area contributed by atoms with Crippen molar-refractivity contribution in [2.75, 3.05) is 5.32 Å². The van der Waals surface area contributed by atoms with Crippen molar-refractivity contribution in [1.29, 1.82) is 0 Å². The number of hydrogen-bond donors (Lipinski definition) is 1. The molecule has 0 radical (unpaired) electrons. The quantitative estimate of drug-likeness (QED) is 0.636. The third-order valence-corrected chi connectivity index (χ3v) is 2.18. The topological polar surface area (TPSA) is 85.9 Å². The minimum Gasteiger partial charge on any atom is -0.372 e. The van der Waals surface area contributed by atoms with Crippen molar-refractivity contribution in [1.82, 2.24) is 14.8 Å². The summed E-state index contributed by atoms with van der Waals surface area (Å²) < 4.78 is 1.58. The molecule has 88 valence electrons. The van der Waals surface area contributed by atoms with Gasteiger partial charge in [0.05, 0.1) is 11.5 Å². The molecular weight excluding hydrogens is 222 g/mol. The van der Waals surface area contributed by atoms with Gasteiger partial charge in [0.1, 0.15) is 12.0 Å². The number of aryl methyl sites for hydroxylation is 1. The number of nitro groups is 1. The van der Waals surface area contributed by atoms with Crippen LogP contribution >= 0.6 is 0 Å². The molecule has 17 heavy (non-hydrogen) atoms. The Hall–Kier alpha value is -2.44. The van der Waals surface area contributed by atoms with E-state index in [0.717, 1.165) is 0 Å². The van der Waals surface area contributed by atoms with Gasteiger partial charge in [0.15, 0.2) is 5.82 Å². The molecule has 2 aromatic rings. The predicted molar refractivity (Wildman–Crippen MR) is 61.4 cm³/mol. The van der Waals surface area contributed by atoms with E-state index < -0.39 is 4.92 Å². The molecule has 0 fully saturated rings. The van der Waals surface area contributed by atoms with Gasteiger partial charge in [-0.25, -0.2) is 4.98 Å². The summed E-state index contributed by atoms with van der Waals surface area (Å²) in [5.74, 6) is 0.589. The van der Waals surface area contributed by atoms with Gasteiger partial charge in [-0.15, -0.1) is 0 Å². The van der Waals surface area contributed by atoms with Crippen LogP contribution in [0, 0.1) is 10.1 Å². The third-order valence-electron chi connectivity index (χ3n) is 2.18. The van der Waals surface area contributed by atoms with Crippen molar-refractivity contribution in [3.05, 3.63) is 46.5 Å². The Morgan fingerprint density at radius 1 is 1.47 bits per heavy atom. The van der Waals surface area contributed by atoms with Crippen LogP contribution in [0.4, 0.5) is 11.4 Å². The van der Waals surface area contributed by atoms with E-state index in [1.54, 1.807) is 36.3 Å². The molecule has 0 saturated heterocycles. The molecule has 2 rings (SSSR count). The smallest absolute Gasteiger partial charge is 0.292 e. The van der Waals surface area contributed by atoms with E-state index >= 15 is 0 Å². The highest BCUT2D eigenvalue weighted by Crippen LogP contribution is 2.23. The van der Waals surface area contributed by atoms with Crippen LogP contribution in [-0.4, -0.2) is 19.7 Å². The lowest BCUT2D eigenvalue weighted by Crippen LogP contribution is -2.04. The van der Waals surface area contributed by atoms with Crippen molar-refractivity contribution in [2.24, 2.45) is 7.05 Å². The molecule has 0 aliphatic heterocycles. The molecule has 0 unspecified atom stereocenters. The summed E-state index contributed by atoms with van der Waals surface area (Å²) in [6.45, 7) is 0.353. The van der Waals surface area contributed by atoms with Crippen LogP contribution < -0.4 is 5.32 Å². The van der Waals surface area contributed by atoms with Gasteiger partial charge in [-0.3, -0.25) is 14.8 Å². The van der Waals surface area contributed by atoms with Crippen molar-refractivity contribution >= 4 is 11.4 Å². The Labute approximate surface area is 97.2 Å². The first-order valence-corrected chi connectivity index (χ1v) is 4.98. The Balaban J connectivity index is 2.11. The van der Waals surface area contributed by atoms with E-state index in [2.05, 4.69) is 15.4 Å². The number of anilines is 1. The summed E-state index contributed by atoms with van der Waals surface area (Å²) >= 11 is 0. The largest absolute Gasteiger partial charge is 0.372 e. The second-order valence-corrected chi connectivity index (χ2v) is 3.46. The third kappa shape index (κ3) is 2.57. The standard InChI is InChI=1S/C10H11N5O2/c1-14-7-12-10(13-14)6-11-8-4-2-3-5-9(8)15(16)17/h2-5,7,11H,6H2,1H3. The first-order chi connectivity index (χ1) is 8.16. The van der Waals surface area contributed by atoms with Crippen LogP contribution in [0.3, 0.4) is 0 Å². The fourth-order valence-corrected chi connectivity index (χ4v) is 1.42. The maximum absolute atomic E-state index is 10.8. The Kier molecular flexibility index (Phi) is 2.99. The van der Waals surface area contributed by atoms with Crippen molar-refractivity contribution in [3.8, 4) is 0 Å². The molecule has 0 bridgehead atoms. The first-order valence-electron chi connectivity index (χ1n) is 4.98. The van der Waals surface area contributed by atoms with E-state index in [1.807, 2.05) is 0 Å². The monoisotopic (exact) mass is 233 g/mol. The first kappa shape index (κ1) is 11.1. The molecule has 1 heterocycles. The van der Waals surface area contributed by atoms with Crippen molar-refractivity contribution < 1.29 is 4.92 Å². The number of nitrogens with one attached hydrogen (secondary N) is 1. The minimum absolute atomic E-state index is 0.0448. The lowest BCUT2D eigenvalue weighted by molar-refractivity contribution is -0.384. The van der Waals surface area contributed by atoms with Gasteiger partial charge in [-0.1, -0.05) is 12.1 Å². The van der Waals surface area contributed by atoms with Gasteiger partial charge in [-0.2, -0.15) is 5.10 Å². The molecule has 0 spiro atoms. The molecule has 1 aromatic heterocycles. The van der Waals surface area contributed by atoms with Crippen LogP contribution in [0.1, 0.15) is 5.82 Å².